The van der Waals surface area contributed by atoms with E-state index in [-0.39, 0.29) is 11.9 Å². The van der Waals surface area contributed by atoms with E-state index in [9.17, 15) is 4.79 Å². The number of nitrogens with zero attached hydrogens (tertiary/aromatic N) is 1. The van der Waals surface area contributed by atoms with Crippen LogP contribution in [0.25, 0.3) is 0 Å². The van der Waals surface area contributed by atoms with Gasteiger partial charge in [0.2, 0.25) is 5.91 Å². The number of nitrogens with one attached hydrogen (secondary N) is 1. The minimum atomic E-state index is 0.0312. The van der Waals surface area contributed by atoms with Crippen LogP contribution in [0.15, 0.2) is 22.7 Å². The van der Waals surface area contributed by atoms with E-state index < -0.39 is 0 Å². The van der Waals surface area contributed by atoms with Gasteiger partial charge in [-0.25, -0.2) is 0 Å². The quantitative estimate of drug-likeness (QED) is 0.896. The summed E-state index contributed by atoms with van der Waals surface area (Å²) in [4.78, 5) is 13.7. The van der Waals surface area contributed by atoms with Crippen molar-refractivity contribution in [1.82, 2.24) is 0 Å². The molecule has 1 atom stereocenters. The third kappa shape index (κ3) is 2.61. The van der Waals surface area contributed by atoms with Crippen molar-refractivity contribution in [3.8, 4) is 0 Å². The number of carbonyl (C=O) groups is 1. The van der Waals surface area contributed by atoms with E-state index in [0.717, 1.165) is 22.3 Å². The Morgan fingerprint density at radius 3 is 3.06 bits per heavy atom. The van der Waals surface area contributed by atoms with E-state index in [0.29, 0.717) is 13.1 Å². The lowest BCUT2D eigenvalue weighted by atomic mass is 10.1. The Kier molecular flexibility index (Phi) is 3.69. The average molecular weight is 298 g/mol. The number of nitrogens with two attached hydrogens (primary N) is 1. The fraction of sp³-hybridized carbons (Fsp3) is 0.417. The Bertz CT molecular complexity index is 436. The van der Waals surface area contributed by atoms with Gasteiger partial charge in [-0.2, -0.15) is 0 Å². The summed E-state index contributed by atoms with van der Waals surface area (Å²) < 4.78 is 1.01. The van der Waals surface area contributed by atoms with Crippen LogP contribution < -0.4 is 16.0 Å². The molecular formula is C12H16BrN3O. The molecule has 0 aliphatic carbocycles. The molecule has 0 fully saturated rings. The summed E-state index contributed by atoms with van der Waals surface area (Å²) >= 11 is 3.46. The number of halogens is 1. The van der Waals surface area contributed by atoms with E-state index in [1.807, 2.05) is 18.2 Å². The highest BCUT2D eigenvalue weighted by Gasteiger charge is 2.25. The highest BCUT2D eigenvalue weighted by Crippen LogP contribution is 2.33. The molecule has 0 bridgehead atoms. The molecule has 0 saturated carbocycles. The zero-order chi connectivity index (χ0) is 12.4. The standard InChI is InChI=1S/C12H16BrN3O/c1-8(4-5-14)16-7-12(17)15-10-3-2-9(13)6-11(10)16/h2-3,6,8H,4-5,7,14H2,1H3,(H,15,17). The summed E-state index contributed by atoms with van der Waals surface area (Å²) in [6.45, 7) is 3.11. The van der Waals surface area contributed by atoms with E-state index in [4.69, 9.17) is 5.73 Å². The van der Waals surface area contributed by atoms with E-state index in [1.165, 1.54) is 0 Å². The largest absolute Gasteiger partial charge is 0.358 e. The average Bonchev–Trinajstić information content (AvgIpc) is 2.29. The summed E-state index contributed by atoms with van der Waals surface area (Å²) in [5.41, 5.74) is 7.51. The molecule has 2 rings (SSSR count). The van der Waals surface area contributed by atoms with Crippen molar-refractivity contribution in [2.45, 2.75) is 19.4 Å². The van der Waals surface area contributed by atoms with Gasteiger partial charge < -0.3 is 16.0 Å². The summed E-state index contributed by atoms with van der Waals surface area (Å²) in [6, 6.07) is 6.13. The lowest BCUT2D eigenvalue weighted by Gasteiger charge is -2.35. The Hall–Kier alpha value is -1.07. The molecule has 0 radical (unpaired) electrons. The Morgan fingerprint density at radius 2 is 2.35 bits per heavy atom. The molecular weight excluding hydrogens is 282 g/mol. The third-order valence-electron chi connectivity index (χ3n) is 2.97. The van der Waals surface area contributed by atoms with Crippen molar-refractivity contribution in [2.24, 2.45) is 5.73 Å². The van der Waals surface area contributed by atoms with Crippen LogP contribution >= 0.6 is 15.9 Å². The molecule has 1 aromatic rings. The maximum atomic E-state index is 11.6. The number of hydrogen-bond donors (Lipinski definition) is 2. The Balaban J connectivity index is 2.35. The van der Waals surface area contributed by atoms with Crippen LogP contribution in [0.1, 0.15) is 13.3 Å². The van der Waals surface area contributed by atoms with Crippen LogP contribution in [0.5, 0.6) is 0 Å². The predicted molar refractivity (Wildman–Crippen MR) is 73.3 cm³/mol. The van der Waals surface area contributed by atoms with Gasteiger partial charge in [-0.3, -0.25) is 4.79 Å². The number of carbonyl (C=O) groups excluding carboxylic acids is 1. The zero-order valence-electron chi connectivity index (χ0n) is 9.74. The van der Waals surface area contributed by atoms with Crippen LogP contribution in [0.3, 0.4) is 0 Å². The van der Waals surface area contributed by atoms with Crippen LogP contribution in [-0.2, 0) is 4.79 Å². The zero-order valence-corrected chi connectivity index (χ0v) is 11.3. The van der Waals surface area contributed by atoms with Gasteiger partial charge in [0, 0.05) is 10.5 Å². The normalized spacial score (nSPS) is 16.4. The highest BCUT2D eigenvalue weighted by molar-refractivity contribution is 9.10. The van der Waals surface area contributed by atoms with Gasteiger partial charge >= 0.3 is 0 Å². The second-order valence-electron chi connectivity index (χ2n) is 4.26. The minimum absolute atomic E-state index is 0.0312. The third-order valence-corrected chi connectivity index (χ3v) is 3.47. The molecule has 92 valence electrons. The number of fused-ring (bicyclic) bond motifs is 1. The lowest BCUT2D eigenvalue weighted by molar-refractivity contribution is -0.115. The molecule has 0 spiro atoms. The molecule has 1 heterocycles. The summed E-state index contributed by atoms with van der Waals surface area (Å²) in [5, 5.41) is 2.88. The fourth-order valence-corrected chi connectivity index (χ4v) is 2.42. The van der Waals surface area contributed by atoms with Crippen LogP contribution in [0.2, 0.25) is 0 Å². The van der Waals surface area contributed by atoms with Crippen LogP contribution in [0.4, 0.5) is 11.4 Å². The van der Waals surface area contributed by atoms with Gasteiger partial charge in [-0.05, 0) is 38.1 Å². The van der Waals surface area contributed by atoms with Crippen molar-refractivity contribution in [3.05, 3.63) is 22.7 Å². The maximum absolute atomic E-state index is 11.6. The first-order valence-electron chi connectivity index (χ1n) is 5.68. The number of rotatable bonds is 3. The van der Waals surface area contributed by atoms with Crippen molar-refractivity contribution in [3.63, 3.8) is 0 Å². The maximum Gasteiger partial charge on any atom is 0.243 e. The number of amides is 1. The molecule has 3 N–H and O–H groups in total. The van der Waals surface area contributed by atoms with Crippen LogP contribution in [-0.4, -0.2) is 25.0 Å². The van der Waals surface area contributed by atoms with Gasteiger partial charge in [0.25, 0.3) is 0 Å². The first-order valence-corrected chi connectivity index (χ1v) is 6.47. The predicted octanol–water partition coefficient (Wildman–Crippen LogP) is 1.94. The van der Waals surface area contributed by atoms with Gasteiger partial charge in [0.05, 0.1) is 17.9 Å². The molecule has 1 amide bonds. The first kappa shape index (κ1) is 12.4. The molecule has 1 unspecified atom stereocenters. The Morgan fingerprint density at radius 1 is 1.59 bits per heavy atom. The second kappa shape index (κ2) is 5.06. The van der Waals surface area contributed by atoms with Crippen molar-refractivity contribution >= 4 is 33.2 Å². The van der Waals surface area contributed by atoms with E-state index in [1.54, 1.807) is 0 Å². The van der Waals surface area contributed by atoms with E-state index >= 15 is 0 Å². The molecule has 0 saturated heterocycles. The number of hydrogen-bond acceptors (Lipinski definition) is 3. The SMILES string of the molecule is CC(CCN)N1CC(=O)Nc2ccc(Br)cc21. The van der Waals surface area contributed by atoms with E-state index in [2.05, 4.69) is 33.1 Å². The van der Waals surface area contributed by atoms with Crippen molar-refractivity contribution in [2.75, 3.05) is 23.3 Å². The smallest absolute Gasteiger partial charge is 0.243 e. The van der Waals surface area contributed by atoms with Gasteiger partial charge in [-0.15, -0.1) is 0 Å². The molecule has 1 aliphatic heterocycles. The molecule has 5 heteroatoms. The fourth-order valence-electron chi connectivity index (χ4n) is 2.07. The molecule has 0 aromatic heterocycles. The highest BCUT2D eigenvalue weighted by atomic mass is 79.9. The van der Waals surface area contributed by atoms with Gasteiger partial charge in [0.15, 0.2) is 0 Å². The van der Waals surface area contributed by atoms with Gasteiger partial charge in [-0.1, -0.05) is 15.9 Å². The first-order chi connectivity index (χ1) is 8.11. The lowest BCUT2D eigenvalue weighted by Crippen LogP contribution is -2.44. The molecule has 17 heavy (non-hydrogen) atoms. The van der Waals surface area contributed by atoms with Crippen LogP contribution in [0, 0.1) is 0 Å². The molecule has 1 aromatic carbocycles. The minimum Gasteiger partial charge on any atom is -0.358 e. The van der Waals surface area contributed by atoms with Crippen molar-refractivity contribution < 1.29 is 4.79 Å². The molecule has 1 aliphatic rings. The second-order valence-corrected chi connectivity index (χ2v) is 5.18. The summed E-state index contributed by atoms with van der Waals surface area (Å²) in [6.07, 6.45) is 0.874. The number of anilines is 2. The topological polar surface area (TPSA) is 58.4 Å². The molecule has 4 nitrogen and oxygen atoms in total. The summed E-state index contributed by atoms with van der Waals surface area (Å²) in [7, 11) is 0. The summed E-state index contributed by atoms with van der Waals surface area (Å²) in [5.74, 6) is 0.0312. The monoisotopic (exact) mass is 297 g/mol. The van der Waals surface area contributed by atoms with Crippen molar-refractivity contribution in [1.29, 1.82) is 0 Å². The van der Waals surface area contributed by atoms with Gasteiger partial charge in [0.1, 0.15) is 0 Å². The Labute approximate surface area is 109 Å². The number of benzene rings is 1.